The predicted octanol–water partition coefficient (Wildman–Crippen LogP) is 1.69. The van der Waals surface area contributed by atoms with E-state index in [0.29, 0.717) is 31.2 Å². The standard InChI is InChI=1S/C14H18N4O2/c1-9-10(8-18(2)17-9)7-16-12-6-14-13(5-11(12)15)19-3-4-20-14/h5-6,8,16H,3-4,7,15H2,1-2H3. The van der Waals surface area contributed by atoms with Gasteiger partial charge in [-0.2, -0.15) is 5.10 Å². The van der Waals surface area contributed by atoms with Crippen molar-refractivity contribution in [2.24, 2.45) is 7.05 Å². The van der Waals surface area contributed by atoms with Crippen LogP contribution < -0.4 is 20.5 Å². The molecule has 0 spiro atoms. The second kappa shape index (κ2) is 4.96. The molecule has 2 heterocycles. The second-order valence-electron chi connectivity index (χ2n) is 4.85. The van der Waals surface area contributed by atoms with Crippen LogP contribution in [0.4, 0.5) is 11.4 Å². The Morgan fingerprint density at radius 2 is 2.00 bits per heavy atom. The van der Waals surface area contributed by atoms with Crippen LogP contribution in [0, 0.1) is 6.92 Å². The zero-order valence-corrected chi connectivity index (χ0v) is 11.6. The van der Waals surface area contributed by atoms with Crippen molar-refractivity contribution in [3.63, 3.8) is 0 Å². The first-order chi connectivity index (χ1) is 9.63. The Morgan fingerprint density at radius 3 is 2.65 bits per heavy atom. The van der Waals surface area contributed by atoms with E-state index in [0.717, 1.165) is 22.7 Å². The van der Waals surface area contributed by atoms with Gasteiger partial charge in [0, 0.05) is 37.5 Å². The summed E-state index contributed by atoms with van der Waals surface area (Å²) in [5, 5.41) is 7.64. The fraction of sp³-hybridized carbons (Fsp3) is 0.357. The van der Waals surface area contributed by atoms with E-state index >= 15 is 0 Å². The first-order valence-corrected chi connectivity index (χ1v) is 6.55. The fourth-order valence-corrected chi connectivity index (χ4v) is 2.27. The Bertz CT molecular complexity index is 636. The third kappa shape index (κ3) is 2.36. The van der Waals surface area contributed by atoms with Gasteiger partial charge in [0.2, 0.25) is 0 Å². The highest BCUT2D eigenvalue weighted by Crippen LogP contribution is 2.37. The van der Waals surface area contributed by atoms with E-state index in [1.54, 1.807) is 10.7 Å². The van der Waals surface area contributed by atoms with Crippen LogP contribution in [0.2, 0.25) is 0 Å². The van der Waals surface area contributed by atoms with Crippen LogP contribution >= 0.6 is 0 Å². The van der Waals surface area contributed by atoms with Crippen molar-refractivity contribution in [3.8, 4) is 11.5 Å². The molecule has 2 aromatic rings. The summed E-state index contributed by atoms with van der Waals surface area (Å²) in [6.07, 6.45) is 2.00. The van der Waals surface area contributed by atoms with Crippen LogP contribution in [0.1, 0.15) is 11.3 Å². The van der Waals surface area contributed by atoms with Gasteiger partial charge in [0.05, 0.1) is 17.1 Å². The number of aryl methyl sites for hydroxylation is 2. The zero-order chi connectivity index (χ0) is 14.1. The first-order valence-electron chi connectivity index (χ1n) is 6.55. The minimum absolute atomic E-state index is 0.564. The topological polar surface area (TPSA) is 74.3 Å². The van der Waals surface area contributed by atoms with Gasteiger partial charge in [0.25, 0.3) is 0 Å². The normalized spacial score (nSPS) is 13.3. The molecule has 106 valence electrons. The second-order valence-corrected chi connectivity index (χ2v) is 4.85. The van der Waals surface area contributed by atoms with Gasteiger partial charge in [-0.25, -0.2) is 0 Å². The number of hydrogen-bond acceptors (Lipinski definition) is 5. The number of nitrogens with one attached hydrogen (secondary N) is 1. The van der Waals surface area contributed by atoms with Crippen LogP contribution in [0.25, 0.3) is 0 Å². The summed E-state index contributed by atoms with van der Waals surface area (Å²) in [4.78, 5) is 0. The van der Waals surface area contributed by atoms with Crippen LogP contribution in [0.5, 0.6) is 11.5 Å². The highest BCUT2D eigenvalue weighted by molar-refractivity contribution is 5.72. The lowest BCUT2D eigenvalue weighted by molar-refractivity contribution is 0.172. The maximum Gasteiger partial charge on any atom is 0.163 e. The van der Waals surface area contributed by atoms with E-state index in [4.69, 9.17) is 15.2 Å². The van der Waals surface area contributed by atoms with Crippen molar-refractivity contribution in [1.82, 2.24) is 9.78 Å². The Morgan fingerprint density at radius 1 is 1.30 bits per heavy atom. The molecule has 0 atom stereocenters. The van der Waals surface area contributed by atoms with Gasteiger partial charge in [-0.3, -0.25) is 4.68 Å². The number of nitrogens with two attached hydrogens (primary N) is 1. The van der Waals surface area contributed by atoms with Crippen LogP contribution in [-0.2, 0) is 13.6 Å². The zero-order valence-electron chi connectivity index (χ0n) is 11.6. The van der Waals surface area contributed by atoms with E-state index in [1.807, 2.05) is 26.2 Å². The average Bonchev–Trinajstić information content (AvgIpc) is 2.74. The summed E-state index contributed by atoms with van der Waals surface area (Å²) in [6.45, 7) is 3.79. The van der Waals surface area contributed by atoms with Gasteiger partial charge >= 0.3 is 0 Å². The molecule has 0 saturated carbocycles. The highest BCUT2D eigenvalue weighted by atomic mass is 16.6. The molecule has 0 radical (unpaired) electrons. The molecule has 0 aliphatic carbocycles. The highest BCUT2D eigenvalue weighted by Gasteiger charge is 2.14. The molecule has 0 amide bonds. The van der Waals surface area contributed by atoms with Crippen LogP contribution in [0.3, 0.4) is 0 Å². The monoisotopic (exact) mass is 274 g/mol. The number of benzene rings is 1. The smallest absolute Gasteiger partial charge is 0.163 e. The van der Waals surface area contributed by atoms with E-state index < -0.39 is 0 Å². The summed E-state index contributed by atoms with van der Waals surface area (Å²) in [5.41, 5.74) is 9.68. The van der Waals surface area contributed by atoms with Gasteiger partial charge in [0.1, 0.15) is 13.2 Å². The maximum absolute atomic E-state index is 6.03. The minimum atomic E-state index is 0.564. The van der Waals surface area contributed by atoms with Crippen LogP contribution in [0.15, 0.2) is 18.3 Å². The molecule has 1 aliphatic rings. The SMILES string of the molecule is Cc1nn(C)cc1CNc1cc2c(cc1N)OCCO2. The number of rotatable bonds is 3. The molecule has 0 unspecified atom stereocenters. The molecule has 3 rings (SSSR count). The van der Waals surface area contributed by atoms with Gasteiger partial charge in [-0.05, 0) is 6.92 Å². The number of nitrogen functional groups attached to an aromatic ring is 1. The Balaban J connectivity index is 1.79. The molecule has 1 aliphatic heterocycles. The Labute approximate surface area is 117 Å². The van der Waals surface area contributed by atoms with Crippen molar-refractivity contribution in [3.05, 3.63) is 29.6 Å². The van der Waals surface area contributed by atoms with Crippen molar-refractivity contribution in [2.75, 3.05) is 24.3 Å². The molecule has 6 heteroatoms. The largest absolute Gasteiger partial charge is 0.486 e. The lowest BCUT2D eigenvalue weighted by atomic mass is 10.2. The quantitative estimate of drug-likeness (QED) is 0.833. The number of aromatic nitrogens is 2. The lowest BCUT2D eigenvalue weighted by Crippen LogP contribution is -2.16. The molecule has 20 heavy (non-hydrogen) atoms. The number of hydrogen-bond donors (Lipinski definition) is 2. The van der Waals surface area contributed by atoms with Crippen molar-refractivity contribution >= 4 is 11.4 Å². The summed E-state index contributed by atoms with van der Waals surface area (Å²) in [6, 6.07) is 3.68. The number of nitrogens with zero attached hydrogens (tertiary/aromatic N) is 2. The molecule has 3 N–H and O–H groups in total. The Kier molecular flexibility index (Phi) is 3.14. The number of anilines is 2. The third-order valence-electron chi connectivity index (χ3n) is 3.30. The molecular weight excluding hydrogens is 256 g/mol. The van der Waals surface area contributed by atoms with Crippen molar-refractivity contribution in [2.45, 2.75) is 13.5 Å². The molecule has 1 aromatic heterocycles. The van der Waals surface area contributed by atoms with E-state index in [9.17, 15) is 0 Å². The molecule has 1 aromatic carbocycles. The predicted molar refractivity (Wildman–Crippen MR) is 77.1 cm³/mol. The van der Waals surface area contributed by atoms with Gasteiger partial charge in [-0.1, -0.05) is 0 Å². The van der Waals surface area contributed by atoms with Gasteiger partial charge in [0.15, 0.2) is 11.5 Å². The molecule has 6 nitrogen and oxygen atoms in total. The summed E-state index contributed by atoms with van der Waals surface area (Å²) < 4.78 is 12.9. The van der Waals surface area contributed by atoms with Gasteiger partial charge < -0.3 is 20.5 Å². The Hall–Kier alpha value is -2.37. The molecule has 0 bridgehead atoms. The lowest BCUT2D eigenvalue weighted by Gasteiger charge is -2.20. The average molecular weight is 274 g/mol. The third-order valence-corrected chi connectivity index (χ3v) is 3.30. The maximum atomic E-state index is 6.03. The summed E-state index contributed by atoms with van der Waals surface area (Å²) in [7, 11) is 1.91. The van der Waals surface area contributed by atoms with E-state index in [1.165, 1.54) is 0 Å². The van der Waals surface area contributed by atoms with Crippen molar-refractivity contribution < 1.29 is 9.47 Å². The number of fused-ring (bicyclic) bond motifs is 1. The molecule has 0 fully saturated rings. The summed E-state index contributed by atoms with van der Waals surface area (Å²) in [5.74, 6) is 1.44. The van der Waals surface area contributed by atoms with Gasteiger partial charge in [-0.15, -0.1) is 0 Å². The molecular formula is C14H18N4O2. The van der Waals surface area contributed by atoms with E-state index in [-0.39, 0.29) is 0 Å². The van der Waals surface area contributed by atoms with Crippen molar-refractivity contribution in [1.29, 1.82) is 0 Å². The molecule has 0 saturated heterocycles. The first kappa shape index (κ1) is 12.7. The summed E-state index contributed by atoms with van der Waals surface area (Å²) >= 11 is 0. The van der Waals surface area contributed by atoms with E-state index in [2.05, 4.69) is 10.4 Å². The minimum Gasteiger partial charge on any atom is -0.486 e. The fourth-order valence-electron chi connectivity index (χ4n) is 2.27. The number of ether oxygens (including phenoxy) is 2. The van der Waals surface area contributed by atoms with Crippen LogP contribution in [-0.4, -0.2) is 23.0 Å².